The molecule has 23 heavy (non-hydrogen) atoms. The number of rotatable bonds is 5. The molecule has 0 spiro atoms. The molecule has 0 saturated heterocycles. The van der Waals surface area contributed by atoms with Crippen molar-refractivity contribution in [1.29, 1.82) is 5.26 Å². The van der Waals surface area contributed by atoms with E-state index in [0.717, 1.165) is 0 Å². The molecule has 0 bridgehead atoms. The molecule has 6 nitrogen and oxygen atoms in total. The van der Waals surface area contributed by atoms with Gasteiger partial charge in [0.2, 0.25) is 0 Å². The van der Waals surface area contributed by atoms with Crippen molar-refractivity contribution in [2.24, 2.45) is 0 Å². The summed E-state index contributed by atoms with van der Waals surface area (Å²) < 4.78 is 31.6. The standard InChI is InChI=1S/C16H14N2O4S/c1-2-22-14-8-6-13(7-9-14)16(19)18-23(20,21)15-5-3-4-12(10-15)11-17/h3-10H,2H2,1H3,(H,18,19). The molecular formula is C16H14N2O4S. The number of amides is 1. The predicted molar refractivity (Wildman–Crippen MR) is 83.4 cm³/mol. The van der Waals surface area contributed by atoms with Crippen LogP contribution in [-0.4, -0.2) is 20.9 Å². The fourth-order valence-corrected chi connectivity index (χ4v) is 2.86. The van der Waals surface area contributed by atoms with E-state index in [4.69, 9.17) is 10.00 Å². The quantitative estimate of drug-likeness (QED) is 0.905. The van der Waals surface area contributed by atoms with Crippen LogP contribution >= 0.6 is 0 Å². The second-order valence-electron chi connectivity index (χ2n) is 4.53. The lowest BCUT2D eigenvalue weighted by Crippen LogP contribution is -2.30. The number of hydrogen-bond acceptors (Lipinski definition) is 5. The maximum absolute atomic E-state index is 12.2. The number of ether oxygens (including phenoxy) is 1. The van der Waals surface area contributed by atoms with Crippen molar-refractivity contribution < 1.29 is 17.9 Å². The van der Waals surface area contributed by atoms with Crippen molar-refractivity contribution in [3.8, 4) is 11.8 Å². The highest BCUT2D eigenvalue weighted by atomic mass is 32.2. The van der Waals surface area contributed by atoms with E-state index in [0.29, 0.717) is 12.4 Å². The Morgan fingerprint density at radius 1 is 1.22 bits per heavy atom. The molecule has 0 aromatic heterocycles. The smallest absolute Gasteiger partial charge is 0.265 e. The molecule has 118 valence electrons. The first-order valence-corrected chi connectivity index (χ1v) is 8.25. The topological polar surface area (TPSA) is 96.3 Å². The zero-order valence-electron chi connectivity index (χ0n) is 12.3. The van der Waals surface area contributed by atoms with Crippen LogP contribution in [0.1, 0.15) is 22.8 Å². The summed E-state index contributed by atoms with van der Waals surface area (Å²) >= 11 is 0. The van der Waals surface area contributed by atoms with Gasteiger partial charge < -0.3 is 4.74 Å². The van der Waals surface area contributed by atoms with E-state index in [1.807, 2.05) is 17.7 Å². The van der Waals surface area contributed by atoms with E-state index < -0.39 is 15.9 Å². The highest BCUT2D eigenvalue weighted by Gasteiger charge is 2.19. The molecule has 2 aromatic carbocycles. The highest BCUT2D eigenvalue weighted by molar-refractivity contribution is 7.90. The summed E-state index contributed by atoms with van der Waals surface area (Å²) in [5.74, 6) is -0.163. The van der Waals surface area contributed by atoms with Gasteiger partial charge in [0, 0.05) is 5.56 Å². The third-order valence-electron chi connectivity index (χ3n) is 2.93. The van der Waals surface area contributed by atoms with Crippen molar-refractivity contribution in [2.45, 2.75) is 11.8 Å². The van der Waals surface area contributed by atoms with E-state index in [9.17, 15) is 13.2 Å². The van der Waals surface area contributed by atoms with E-state index in [-0.39, 0.29) is 16.0 Å². The van der Waals surface area contributed by atoms with Crippen LogP contribution in [0.2, 0.25) is 0 Å². The molecule has 7 heteroatoms. The molecule has 0 aliphatic rings. The summed E-state index contributed by atoms with van der Waals surface area (Å²) in [7, 11) is -4.04. The summed E-state index contributed by atoms with van der Waals surface area (Å²) in [6.07, 6.45) is 0. The average molecular weight is 330 g/mol. The van der Waals surface area contributed by atoms with Crippen LogP contribution < -0.4 is 9.46 Å². The third kappa shape index (κ3) is 4.08. The van der Waals surface area contributed by atoms with Crippen LogP contribution in [0.3, 0.4) is 0 Å². The van der Waals surface area contributed by atoms with Crippen LogP contribution in [-0.2, 0) is 10.0 Å². The molecular weight excluding hydrogens is 316 g/mol. The van der Waals surface area contributed by atoms with Crippen molar-refractivity contribution in [3.05, 3.63) is 59.7 Å². The number of sulfonamides is 1. The lowest BCUT2D eigenvalue weighted by molar-refractivity contribution is 0.0981. The minimum absolute atomic E-state index is 0.143. The Morgan fingerprint density at radius 2 is 1.91 bits per heavy atom. The molecule has 1 amide bonds. The molecule has 0 aliphatic carbocycles. The van der Waals surface area contributed by atoms with Gasteiger partial charge in [-0.1, -0.05) is 6.07 Å². The van der Waals surface area contributed by atoms with Gasteiger partial charge in [-0.05, 0) is 49.4 Å². The number of hydrogen-bond donors (Lipinski definition) is 1. The number of carbonyl (C=O) groups excluding carboxylic acids is 1. The second-order valence-corrected chi connectivity index (χ2v) is 6.21. The summed E-state index contributed by atoms with van der Waals surface area (Å²) in [5, 5.41) is 8.81. The zero-order valence-corrected chi connectivity index (χ0v) is 13.1. The fourth-order valence-electron chi connectivity index (χ4n) is 1.84. The Hall–Kier alpha value is -2.85. The van der Waals surface area contributed by atoms with Crippen molar-refractivity contribution >= 4 is 15.9 Å². The van der Waals surface area contributed by atoms with Gasteiger partial charge >= 0.3 is 0 Å². The highest BCUT2D eigenvalue weighted by Crippen LogP contribution is 2.14. The number of nitriles is 1. The van der Waals surface area contributed by atoms with Gasteiger partial charge in [0.25, 0.3) is 15.9 Å². The molecule has 0 unspecified atom stereocenters. The predicted octanol–water partition coefficient (Wildman–Crippen LogP) is 2.08. The SMILES string of the molecule is CCOc1ccc(C(=O)NS(=O)(=O)c2cccc(C#N)c2)cc1. The molecule has 0 atom stereocenters. The average Bonchev–Trinajstić information content (AvgIpc) is 2.55. The van der Waals surface area contributed by atoms with Crippen LogP contribution in [0.4, 0.5) is 0 Å². The first-order valence-electron chi connectivity index (χ1n) is 6.76. The third-order valence-corrected chi connectivity index (χ3v) is 4.26. The lowest BCUT2D eigenvalue weighted by Gasteiger charge is -2.08. The Kier molecular flexibility index (Phi) is 4.98. The molecule has 0 radical (unpaired) electrons. The van der Waals surface area contributed by atoms with Gasteiger partial charge in [-0.3, -0.25) is 4.79 Å². The fraction of sp³-hybridized carbons (Fsp3) is 0.125. The summed E-state index contributed by atoms with van der Waals surface area (Å²) in [5.41, 5.74) is 0.384. The minimum Gasteiger partial charge on any atom is -0.494 e. The van der Waals surface area contributed by atoms with Gasteiger partial charge in [-0.25, -0.2) is 13.1 Å². The van der Waals surface area contributed by atoms with Crippen LogP contribution in [0.15, 0.2) is 53.4 Å². The van der Waals surface area contributed by atoms with Crippen molar-refractivity contribution in [3.63, 3.8) is 0 Å². The first kappa shape index (κ1) is 16.5. The number of benzene rings is 2. The van der Waals surface area contributed by atoms with E-state index in [1.54, 1.807) is 12.1 Å². The summed E-state index contributed by atoms with van der Waals surface area (Å²) in [6, 6.07) is 13.4. The Morgan fingerprint density at radius 3 is 2.52 bits per heavy atom. The van der Waals surface area contributed by atoms with Crippen LogP contribution in [0, 0.1) is 11.3 Å². The monoisotopic (exact) mass is 330 g/mol. The molecule has 0 heterocycles. The van der Waals surface area contributed by atoms with Gasteiger partial charge in [0.05, 0.1) is 23.1 Å². The molecule has 1 N–H and O–H groups in total. The van der Waals surface area contributed by atoms with E-state index >= 15 is 0 Å². The molecule has 0 saturated carbocycles. The Balaban J connectivity index is 2.19. The lowest BCUT2D eigenvalue weighted by atomic mass is 10.2. The largest absolute Gasteiger partial charge is 0.494 e. The molecule has 2 rings (SSSR count). The van der Waals surface area contributed by atoms with Crippen molar-refractivity contribution in [1.82, 2.24) is 4.72 Å². The maximum atomic E-state index is 12.2. The minimum atomic E-state index is -4.04. The maximum Gasteiger partial charge on any atom is 0.265 e. The van der Waals surface area contributed by atoms with Gasteiger partial charge in [-0.15, -0.1) is 0 Å². The van der Waals surface area contributed by atoms with Crippen LogP contribution in [0.25, 0.3) is 0 Å². The number of nitrogens with zero attached hydrogens (tertiary/aromatic N) is 1. The van der Waals surface area contributed by atoms with Gasteiger partial charge in [-0.2, -0.15) is 5.26 Å². The van der Waals surface area contributed by atoms with E-state index in [2.05, 4.69) is 0 Å². The van der Waals surface area contributed by atoms with E-state index in [1.165, 1.54) is 36.4 Å². The number of carbonyl (C=O) groups is 1. The first-order chi connectivity index (χ1) is 11.0. The summed E-state index contributed by atoms with van der Waals surface area (Å²) in [4.78, 5) is 11.9. The molecule has 2 aromatic rings. The van der Waals surface area contributed by atoms with Crippen molar-refractivity contribution in [2.75, 3.05) is 6.61 Å². The Bertz CT molecular complexity index is 852. The molecule has 0 fully saturated rings. The Labute approximate surface area is 134 Å². The van der Waals surface area contributed by atoms with Crippen LogP contribution in [0.5, 0.6) is 5.75 Å². The van der Waals surface area contributed by atoms with Gasteiger partial charge in [0.15, 0.2) is 0 Å². The second kappa shape index (κ2) is 6.94. The zero-order chi connectivity index (χ0) is 16.9. The normalized spacial score (nSPS) is 10.6. The summed E-state index contributed by atoms with van der Waals surface area (Å²) in [6.45, 7) is 2.33. The molecule has 0 aliphatic heterocycles. The van der Waals surface area contributed by atoms with Gasteiger partial charge in [0.1, 0.15) is 5.75 Å². The number of nitrogens with one attached hydrogen (secondary N) is 1.